The number of hydrogen-bond acceptors (Lipinski definition) is 6. The van der Waals surface area contributed by atoms with Crippen LogP contribution in [0.25, 0.3) is 11.6 Å². The fraction of sp³-hybridized carbons (Fsp3) is 0.409. The average molecular weight is 459 g/mol. The summed E-state index contributed by atoms with van der Waals surface area (Å²) in [4.78, 5) is 29.0. The second-order valence-electron chi connectivity index (χ2n) is 8.46. The Bertz CT molecular complexity index is 1080. The quantitative estimate of drug-likeness (QED) is 0.579. The maximum Gasteiger partial charge on any atom is 0.251 e. The van der Waals surface area contributed by atoms with Crippen molar-refractivity contribution in [3.05, 3.63) is 47.2 Å². The summed E-state index contributed by atoms with van der Waals surface area (Å²) in [6, 6.07) is 9.58. The van der Waals surface area contributed by atoms with Crippen LogP contribution >= 0.6 is 11.6 Å². The molecule has 3 aromatic rings. The minimum Gasteiger partial charge on any atom is -0.458 e. The molecule has 0 saturated heterocycles. The first-order valence-corrected chi connectivity index (χ1v) is 10.7. The van der Waals surface area contributed by atoms with E-state index in [9.17, 15) is 9.59 Å². The summed E-state index contributed by atoms with van der Waals surface area (Å²) in [6.07, 6.45) is 0.415. The van der Waals surface area contributed by atoms with Gasteiger partial charge in [-0.25, -0.2) is 0 Å². The van der Waals surface area contributed by atoms with Gasteiger partial charge in [-0.3, -0.25) is 14.5 Å². The highest BCUT2D eigenvalue weighted by molar-refractivity contribution is 6.30. The maximum atomic E-state index is 13.4. The predicted molar refractivity (Wildman–Crippen MR) is 121 cm³/mol. The molecule has 0 aliphatic carbocycles. The number of carbonyl (C=O) groups is 2. The number of nitrogens with one attached hydrogen (secondary N) is 1. The molecular formula is C22H27ClN6O3. The molecule has 2 heterocycles. The van der Waals surface area contributed by atoms with Gasteiger partial charge in [-0.2, -0.15) is 4.80 Å². The maximum absolute atomic E-state index is 13.4. The van der Waals surface area contributed by atoms with E-state index in [1.165, 1.54) is 9.70 Å². The van der Waals surface area contributed by atoms with Crippen LogP contribution < -0.4 is 10.2 Å². The van der Waals surface area contributed by atoms with Gasteiger partial charge in [-0.1, -0.05) is 18.5 Å². The van der Waals surface area contributed by atoms with E-state index in [2.05, 4.69) is 20.7 Å². The van der Waals surface area contributed by atoms with E-state index in [0.717, 1.165) is 5.76 Å². The number of aryl methyl sites for hydroxylation is 1. The van der Waals surface area contributed by atoms with Crippen molar-refractivity contribution in [1.82, 2.24) is 25.5 Å². The van der Waals surface area contributed by atoms with Gasteiger partial charge in [0.15, 0.2) is 5.76 Å². The number of rotatable bonds is 7. The Morgan fingerprint density at radius 3 is 2.44 bits per heavy atom. The molecule has 0 spiro atoms. The molecule has 0 bridgehead atoms. The first-order chi connectivity index (χ1) is 15.1. The molecule has 1 atom stereocenters. The SMILES string of the molecule is CCC(C(=O)NC(C)(C)C)N(C(=O)Cn1nnc(-c2ccc(C)o2)n1)c1ccc(Cl)cc1. The van der Waals surface area contributed by atoms with Crippen LogP contribution in [0.2, 0.25) is 5.02 Å². The van der Waals surface area contributed by atoms with Crippen molar-refractivity contribution in [1.29, 1.82) is 0 Å². The third kappa shape index (κ3) is 5.73. The Labute approximate surface area is 191 Å². The molecular weight excluding hydrogens is 432 g/mol. The molecule has 2 amide bonds. The second kappa shape index (κ2) is 9.52. The van der Waals surface area contributed by atoms with Crippen molar-refractivity contribution in [2.24, 2.45) is 0 Å². The Kier molecular flexibility index (Phi) is 6.98. The first-order valence-electron chi connectivity index (χ1n) is 10.3. The fourth-order valence-corrected chi connectivity index (χ4v) is 3.32. The zero-order valence-corrected chi connectivity index (χ0v) is 19.6. The van der Waals surface area contributed by atoms with Crippen molar-refractivity contribution in [2.75, 3.05) is 4.90 Å². The van der Waals surface area contributed by atoms with Gasteiger partial charge < -0.3 is 9.73 Å². The zero-order valence-electron chi connectivity index (χ0n) is 18.8. The van der Waals surface area contributed by atoms with Gasteiger partial charge in [0, 0.05) is 16.2 Å². The van der Waals surface area contributed by atoms with Gasteiger partial charge in [0.2, 0.25) is 11.7 Å². The largest absolute Gasteiger partial charge is 0.458 e. The van der Waals surface area contributed by atoms with E-state index in [0.29, 0.717) is 22.9 Å². The molecule has 0 aliphatic rings. The van der Waals surface area contributed by atoms with E-state index in [1.807, 2.05) is 34.6 Å². The number of nitrogens with zero attached hydrogens (tertiary/aromatic N) is 5. The number of amides is 2. The Morgan fingerprint density at radius 2 is 1.88 bits per heavy atom. The number of carbonyl (C=O) groups excluding carboxylic acids is 2. The zero-order chi connectivity index (χ0) is 23.5. The third-order valence-corrected chi connectivity index (χ3v) is 4.81. The van der Waals surface area contributed by atoms with Crippen LogP contribution in [0.3, 0.4) is 0 Å². The minimum atomic E-state index is -0.724. The summed E-state index contributed by atoms with van der Waals surface area (Å²) in [7, 11) is 0. The molecule has 170 valence electrons. The van der Waals surface area contributed by atoms with Crippen LogP contribution in [0.15, 0.2) is 40.8 Å². The summed E-state index contributed by atoms with van der Waals surface area (Å²) in [6.45, 7) is 9.15. The number of furan rings is 1. The smallest absolute Gasteiger partial charge is 0.251 e. The van der Waals surface area contributed by atoms with Crippen molar-refractivity contribution in [3.63, 3.8) is 0 Å². The van der Waals surface area contributed by atoms with Gasteiger partial charge in [0.05, 0.1) is 0 Å². The number of tetrazole rings is 1. The molecule has 2 aromatic heterocycles. The normalized spacial score (nSPS) is 12.4. The van der Waals surface area contributed by atoms with Crippen LogP contribution in [0.1, 0.15) is 39.9 Å². The van der Waals surface area contributed by atoms with E-state index in [-0.39, 0.29) is 24.2 Å². The lowest BCUT2D eigenvalue weighted by Gasteiger charge is -2.32. The lowest BCUT2D eigenvalue weighted by Crippen LogP contribution is -2.54. The Hall–Kier alpha value is -3.20. The van der Waals surface area contributed by atoms with Crippen LogP contribution in [0, 0.1) is 6.92 Å². The second-order valence-corrected chi connectivity index (χ2v) is 8.89. The summed E-state index contributed by atoms with van der Waals surface area (Å²) in [5, 5.41) is 15.7. The van der Waals surface area contributed by atoms with Crippen LogP contribution in [-0.2, 0) is 16.1 Å². The average Bonchev–Trinajstić information content (AvgIpc) is 3.34. The van der Waals surface area contributed by atoms with E-state index < -0.39 is 11.6 Å². The Morgan fingerprint density at radius 1 is 1.19 bits per heavy atom. The molecule has 1 aromatic carbocycles. The number of halogens is 1. The number of aromatic nitrogens is 4. The topological polar surface area (TPSA) is 106 Å². The molecule has 9 nitrogen and oxygen atoms in total. The highest BCUT2D eigenvalue weighted by atomic mass is 35.5. The summed E-state index contributed by atoms with van der Waals surface area (Å²) in [5.74, 6) is 0.856. The molecule has 0 radical (unpaired) electrons. The summed E-state index contributed by atoms with van der Waals surface area (Å²) in [5.41, 5.74) is 0.111. The first kappa shape index (κ1) is 23.5. The van der Waals surface area contributed by atoms with Crippen molar-refractivity contribution >= 4 is 29.1 Å². The molecule has 3 rings (SSSR count). The summed E-state index contributed by atoms with van der Waals surface area (Å²) < 4.78 is 5.51. The molecule has 0 saturated carbocycles. The van der Waals surface area contributed by atoms with Gasteiger partial charge in [0.25, 0.3) is 5.91 Å². The molecule has 0 fully saturated rings. The van der Waals surface area contributed by atoms with Crippen LogP contribution in [0.5, 0.6) is 0 Å². The van der Waals surface area contributed by atoms with Gasteiger partial charge in [-0.15, -0.1) is 10.2 Å². The van der Waals surface area contributed by atoms with Crippen molar-refractivity contribution in [3.8, 4) is 11.6 Å². The number of benzene rings is 1. The van der Waals surface area contributed by atoms with E-state index in [1.54, 1.807) is 36.4 Å². The molecule has 1 unspecified atom stereocenters. The van der Waals surface area contributed by atoms with E-state index >= 15 is 0 Å². The molecule has 32 heavy (non-hydrogen) atoms. The lowest BCUT2D eigenvalue weighted by atomic mass is 10.1. The van der Waals surface area contributed by atoms with Crippen LogP contribution in [0.4, 0.5) is 5.69 Å². The van der Waals surface area contributed by atoms with Gasteiger partial charge in [-0.05, 0) is 75.7 Å². The predicted octanol–water partition coefficient (Wildman–Crippen LogP) is 3.62. The third-order valence-electron chi connectivity index (χ3n) is 4.56. The fourth-order valence-electron chi connectivity index (χ4n) is 3.20. The molecule has 10 heteroatoms. The van der Waals surface area contributed by atoms with Crippen molar-refractivity contribution in [2.45, 2.75) is 59.2 Å². The monoisotopic (exact) mass is 458 g/mol. The molecule has 1 N–H and O–H groups in total. The van der Waals surface area contributed by atoms with Crippen molar-refractivity contribution < 1.29 is 14.0 Å². The van der Waals surface area contributed by atoms with E-state index in [4.69, 9.17) is 16.0 Å². The van der Waals surface area contributed by atoms with Gasteiger partial charge in [0.1, 0.15) is 18.3 Å². The molecule has 0 aliphatic heterocycles. The highest BCUT2D eigenvalue weighted by Crippen LogP contribution is 2.23. The number of anilines is 1. The lowest BCUT2D eigenvalue weighted by molar-refractivity contribution is -0.128. The highest BCUT2D eigenvalue weighted by Gasteiger charge is 2.32. The van der Waals surface area contributed by atoms with Crippen LogP contribution in [-0.4, -0.2) is 43.6 Å². The number of hydrogen-bond donors (Lipinski definition) is 1. The minimum absolute atomic E-state index is 0.200. The standard InChI is InChI=1S/C22H27ClN6O3/c1-6-17(21(31)24-22(3,4)5)29(16-10-8-15(23)9-11-16)19(30)13-28-26-20(25-27-28)18-12-7-14(2)32-18/h7-12,17H,6,13H2,1-5H3,(H,24,31). The Balaban J connectivity index is 1.88. The van der Waals surface area contributed by atoms with Gasteiger partial charge >= 0.3 is 0 Å². The summed E-state index contributed by atoms with van der Waals surface area (Å²) >= 11 is 6.03.